The normalized spacial score (nSPS) is 12.8. The summed E-state index contributed by atoms with van der Waals surface area (Å²) in [5, 5.41) is 3.55. The van der Waals surface area contributed by atoms with Gasteiger partial charge in [0.05, 0.1) is 0 Å². The maximum Gasteiger partial charge on any atom is 0.274 e. The Balaban J connectivity index is 1.64. The third-order valence-electron chi connectivity index (χ3n) is 4.64. The number of aromatic nitrogens is 2. The average Bonchev–Trinajstić information content (AvgIpc) is 3.07. The van der Waals surface area contributed by atoms with Crippen molar-refractivity contribution >= 4 is 34.8 Å². The van der Waals surface area contributed by atoms with Crippen molar-refractivity contribution in [1.29, 1.82) is 0 Å². The molecular formula is C21H19ClN4O. The number of para-hydroxylation sites is 1. The Morgan fingerprint density at radius 1 is 1.11 bits per heavy atom. The van der Waals surface area contributed by atoms with E-state index in [1.807, 2.05) is 32.0 Å². The first-order chi connectivity index (χ1) is 13.0. The van der Waals surface area contributed by atoms with Crippen LogP contribution in [0.5, 0.6) is 0 Å². The lowest BCUT2D eigenvalue weighted by atomic mass is 10.2. The maximum atomic E-state index is 12.8. The fourth-order valence-electron chi connectivity index (χ4n) is 3.29. The highest BCUT2D eigenvalue weighted by Gasteiger charge is 2.23. The summed E-state index contributed by atoms with van der Waals surface area (Å²) in [6.45, 7) is 4.58. The Bertz CT molecular complexity index is 1030. The quantitative estimate of drug-likeness (QED) is 0.718. The van der Waals surface area contributed by atoms with Crippen LogP contribution in [0, 0.1) is 13.8 Å². The highest BCUT2D eigenvalue weighted by Crippen LogP contribution is 2.32. The van der Waals surface area contributed by atoms with Gasteiger partial charge < -0.3 is 10.2 Å². The number of amides is 1. The number of aryl methyl sites for hydroxylation is 2. The molecule has 2 aromatic carbocycles. The molecule has 27 heavy (non-hydrogen) atoms. The van der Waals surface area contributed by atoms with Crippen LogP contribution in [0.4, 0.5) is 17.3 Å². The molecule has 4 rings (SSSR count). The number of nitrogens with one attached hydrogen (secondary N) is 1. The van der Waals surface area contributed by atoms with Crippen molar-refractivity contribution in [3.8, 4) is 0 Å². The van der Waals surface area contributed by atoms with Crippen LogP contribution >= 0.6 is 11.6 Å². The topological polar surface area (TPSA) is 58.1 Å². The molecule has 6 heteroatoms. The van der Waals surface area contributed by atoms with Crippen LogP contribution in [-0.2, 0) is 6.42 Å². The number of fused-ring (bicyclic) bond motifs is 1. The van der Waals surface area contributed by atoms with E-state index >= 15 is 0 Å². The zero-order chi connectivity index (χ0) is 19.0. The molecule has 1 aliphatic heterocycles. The number of rotatable bonds is 3. The van der Waals surface area contributed by atoms with Crippen LogP contribution in [-0.4, -0.2) is 22.4 Å². The summed E-state index contributed by atoms with van der Waals surface area (Å²) in [5.41, 5.74) is 5.08. The van der Waals surface area contributed by atoms with E-state index in [9.17, 15) is 4.79 Å². The van der Waals surface area contributed by atoms with Gasteiger partial charge in [-0.2, -0.15) is 0 Å². The molecule has 2 heterocycles. The molecular weight excluding hydrogens is 360 g/mol. The van der Waals surface area contributed by atoms with Crippen LogP contribution in [0.1, 0.15) is 27.3 Å². The SMILES string of the molecule is Cc1cc(C(=O)Nc2ccc(Cl)cc2C)nc(N2CCc3ccccc32)n1. The number of anilines is 3. The van der Waals surface area contributed by atoms with E-state index in [1.165, 1.54) is 5.56 Å². The number of carbonyl (C=O) groups is 1. The van der Waals surface area contributed by atoms with Crippen molar-refractivity contribution in [1.82, 2.24) is 9.97 Å². The van der Waals surface area contributed by atoms with Crippen molar-refractivity contribution in [2.75, 3.05) is 16.8 Å². The van der Waals surface area contributed by atoms with Crippen LogP contribution < -0.4 is 10.2 Å². The monoisotopic (exact) mass is 378 g/mol. The summed E-state index contributed by atoms with van der Waals surface area (Å²) in [4.78, 5) is 23.9. The number of hydrogen-bond acceptors (Lipinski definition) is 4. The molecule has 5 nitrogen and oxygen atoms in total. The minimum atomic E-state index is -0.264. The van der Waals surface area contributed by atoms with Crippen LogP contribution in [0.2, 0.25) is 5.02 Å². The van der Waals surface area contributed by atoms with E-state index in [-0.39, 0.29) is 5.91 Å². The highest BCUT2D eigenvalue weighted by molar-refractivity contribution is 6.30. The molecule has 0 spiro atoms. The summed E-state index contributed by atoms with van der Waals surface area (Å²) < 4.78 is 0. The van der Waals surface area contributed by atoms with Crippen molar-refractivity contribution in [2.24, 2.45) is 0 Å². The molecule has 0 bridgehead atoms. The van der Waals surface area contributed by atoms with Gasteiger partial charge in [-0.05, 0) is 61.7 Å². The van der Waals surface area contributed by atoms with E-state index in [0.717, 1.165) is 29.9 Å². The lowest BCUT2D eigenvalue weighted by Crippen LogP contribution is -2.21. The fraction of sp³-hybridized carbons (Fsp3) is 0.190. The van der Waals surface area contributed by atoms with Crippen LogP contribution in [0.15, 0.2) is 48.5 Å². The molecule has 0 fully saturated rings. The average molecular weight is 379 g/mol. The minimum absolute atomic E-state index is 0.264. The maximum absolute atomic E-state index is 12.8. The molecule has 0 saturated heterocycles. The molecule has 0 radical (unpaired) electrons. The van der Waals surface area contributed by atoms with Gasteiger partial charge in [-0.3, -0.25) is 4.79 Å². The van der Waals surface area contributed by atoms with Crippen molar-refractivity contribution in [3.05, 3.63) is 76.1 Å². The molecule has 0 atom stereocenters. The second kappa shape index (κ2) is 7.00. The molecule has 136 valence electrons. The molecule has 0 unspecified atom stereocenters. The Morgan fingerprint density at radius 3 is 2.74 bits per heavy atom. The zero-order valence-corrected chi connectivity index (χ0v) is 15.9. The van der Waals surface area contributed by atoms with Crippen LogP contribution in [0.3, 0.4) is 0 Å². The summed E-state index contributed by atoms with van der Waals surface area (Å²) in [7, 11) is 0. The minimum Gasteiger partial charge on any atom is -0.320 e. The van der Waals surface area contributed by atoms with E-state index in [4.69, 9.17) is 11.6 Å². The summed E-state index contributed by atoms with van der Waals surface area (Å²) in [5.74, 6) is 0.289. The van der Waals surface area contributed by atoms with Crippen molar-refractivity contribution < 1.29 is 4.79 Å². The van der Waals surface area contributed by atoms with Gasteiger partial charge in [0, 0.05) is 28.6 Å². The van der Waals surface area contributed by atoms with Gasteiger partial charge in [0.1, 0.15) is 5.69 Å². The van der Waals surface area contributed by atoms with Gasteiger partial charge in [-0.25, -0.2) is 9.97 Å². The number of hydrogen-bond donors (Lipinski definition) is 1. The molecule has 1 aliphatic rings. The number of carbonyl (C=O) groups excluding carboxylic acids is 1. The molecule has 0 aliphatic carbocycles. The van der Waals surface area contributed by atoms with Gasteiger partial charge in [0.2, 0.25) is 5.95 Å². The van der Waals surface area contributed by atoms with Crippen LogP contribution in [0.25, 0.3) is 0 Å². The predicted molar refractivity (Wildman–Crippen MR) is 108 cm³/mol. The number of benzene rings is 2. The van der Waals surface area contributed by atoms with E-state index < -0.39 is 0 Å². The third kappa shape index (κ3) is 3.51. The first-order valence-electron chi connectivity index (χ1n) is 8.80. The number of nitrogens with zero attached hydrogens (tertiary/aromatic N) is 3. The van der Waals surface area contributed by atoms with Crippen molar-refractivity contribution in [3.63, 3.8) is 0 Å². The highest BCUT2D eigenvalue weighted by atomic mass is 35.5. The Hall–Kier alpha value is -2.92. The lowest BCUT2D eigenvalue weighted by molar-refractivity contribution is 0.102. The first-order valence-corrected chi connectivity index (χ1v) is 9.18. The Labute approximate surface area is 163 Å². The van der Waals surface area contributed by atoms with Gasteiger partial charge >= 0.3 is 0 Å². The Kier molecular flexibility index (Phi) is 4.54. The molecule has 1 aromatic heterocycles. The smallest absolute Gasteiger partial charge is 0.274 e. The Morgan fingerprint density at radius 2 is 1.93 bits per heavy atom. The van der Waals surface area contributed by atoms with E-state index in [1.54, 1.807) is 18.2 Å². The summed E-state index contributed by atoms with van der Waals surface area (Å²) >= 11 is 5.99. The zero-order valence-electron chi connectivity index (χ0n) is 15.2. The molecule has 1 N–H and O–H groups in total. The van der Waals surface area contributed by atoms with E-state index in [2.05, 4.69) is 32.3 Å². The van der Waals surface area contributed by atoms with Gasteiger partial charge in [-0.1, -0.05) is 29.8 Å². The third-order valence-corrected chi connectivity index (χ3v) is 4.88. The second-order valence-corrected chi connectivity index (χ2v) is 7.07. The first kappa shape index (κ1) is 17.5. The van der Waals surface area contributed by atoms with E-state index in [0.29, 0.717) is 22.4 Å². The predicted octanol–water partition coefficient (Wildman–Crippen LogP) is 4.69. The van der Waals surface area contributed by atoms with Gasteiger partial charge in [-0.15, -0.1) is 0 Å². The fourth-order valence-corrected chi connectivity index (χ4v) is 3.52. The van der Waals surface area contributed by atoms with Gasteiger partial charge in [0.25, 0.3) is 5.91 Å². The largest absolute Gasteiger partial charge is 0.320 e. The second-order valence-electron chi connectivity index (χ2n) is 6.64. The standard InChI is InChI=1S/C21H19ClN4O/c1-13-11-16(22)7-8-17(13)24-20(27)18-12-14(2)23-21(25-18)26-10-9-15-5-3-4-6-19(15)26/h3-8,11-12H,9-10H2,1-2H3,(H,24,27). The van der Waals surface area contributed by atoms with Gasteiger partial charge in [0.15, 0.2) is 0 Å². The molecule has 0 saturated carbocycles. The summed E-state index contributed by atoms with van der Waals surface area (Å²) in [6, 6.07) is 15.3. The number of halogens is 1. The van der Waals surface area contributed by atoms with Crippen molar-refractivity contribution in [2.45, 2.75) is 20.3 Å². The summed E-state index contributed by atoms with van der Waals surface area (Å²) in [6.07, 6.45) is 0.943. The molecule has 1 amide bonds. The molecule has 3 aromatic rings. The lowest BCUT2D eigenvalue weighted by Gasteiger charge is -2.18.